The van der Waals surface area contributed by atoms with Crippen LogP contribution in [-0.4, -0.2) is 41.1 Å². The van der Waals surface area contributed by atoms with Crippen LogP contribution in [0.5, 0.6) is 0 Å². The molecule has 0 aliphatic carbocycles. The number of nitrogens with zero attached hydrogens (tertiary/aromatic N) is 2. The first-order valence-electron chi connectivity index (χ1n) is 9.93. The summed E-state index contributed by atoms with van der Waals surface area (Å²) in [7, 11) is 1.57. The van der Waals surface area contributed by atoms with Crippen LogP contribution < -0.4 is 10.6 Å². The Labute approximate surface area is 183 Å². The second-order valence-corrected chi connectivity index (χ2v) is 7.04. The van der Waals surface area contributed by atoms with Crippen molar-refractivity contribution in [3.63, 3.8) is 0 Å². The number of imidazole rings is 1. The number of carbonyl (C=O) groups is 1. The minimum absolute atomic E-state index is 0.160. The zero-order chi connectivity index (χ0) is 22.5. The van der Waals surface area contributed by atoms with Crippen LogP contribution in [0.25, 0.3) is 22.4 Å². The second-order valence-electron chi connectivity index (χ2n) is 7.04. The van der Waals surface area contributed by atoms with E-state index in [1.54, 1.807) is 19.2 Å². The Bertz CT molecular complexity index is 1230. The summed E-state index contributed by atoms with van der Waals surface area (Å²) in [6.45, 7) is 0.891. The largest absolute Gasteiger partial charge is 0.383 e. The molecule has 9 nitrogen and oxygen atoms in total. The maximum atomic E-state index is 12.9. The van der Waals surface area contributed by atoms with Gasteiger partial charge in [-0.05, 0) is 42.5 Å². The number of anilines is 2. The lowest BCUT2D eigenvalue weighted by atomic mass is 10.1. The molecule has 0 aliphatic rings. The first-order valence-corrected chi connectivity index (χ1v) is 9.93. The molecule has 1 aromatic heterocycles. The first kappa shape index (κ1) is 21.0. The van der Waals surface area contributed by atoms with E-state index in [1.807, 2.05) is 36.4 Å². The third-order valence-corrected chi connectivity index (χ3v) is 4.89. The standard InChI is InChI=1S/C23H21N5O4/c1-32-13-12-24-19-11-10-17(28(30)31)14-18(19)23(29)25-16-8-6-15(7-9-16)22-26-20-4-2-3-5-21(20)27-22/h2-11,14,24H,12-13H2,1H3,(H,25,29)(H,26,27). The maximum absolute atomic E-state index is 12.9. The van der Waals surface area contributed by atoms with Crippen LogP contribution in [0.2, 0.25) is 0 Å². The molecular formula is C23H21N5O4. The Balaban J connectivity index is 1.54. The van der Waals surface area contributed by atoms with Gasteiger partial charge < -0.3 is 20.4 Å². The molecule has 4 rings (SSSR count). The number of rotatable bonds is 8. The fraction of sp³-hybridized carbons (Fsp3) is 0.130. The average Bonchev–Trinajstić information content (AvgIpc) is 3.24. The van der Waals surface area contributed by atoms with E-state index in [-0.39, 0.29) is 11.3 Å². The number of carbonyl (C=O) groups excluding carboxylic acids is 1. The molecule has 3 N–H and O–H groups in total. The normalized spacial score (nSPS) is 10.8. The third-order valence-electron chi connectivity index (χ3n) is 4.89. The number of hydrogen-bond acceptors (Lipinski definition) is 6. The van der Waals surface area contributed by atoms with E-state index in [2.05, 4.69) is 20.6 Å². The van der Waals surface area contributed by atoms with Crippen molar-refractivity contribution in [1.29, 1.82) is 0 Å². The van der Waals surface area contributed by atoms with Gasteiger partial charge in [0.05, 0.1) is 28.1 Å². The van der Waals surface area contributed by atoms with E-state index in [4.69, 9.17) is 4.74 Å². The number of aromatic amines is 1. The van der Waals surface area contributed by atoms with Crippen molar-refractivity contribution in [2.24, 2.45) is 0 Å². The Morgan fingerprint density at radius 3 is 2.62 bits per heavy atom. The number of H-pyrrole nitrogens is 1. The van der Waals surface area contributed by atoms with Crippen molar-refractivity contribution in [3.8, 4) is 11.4 Å². The topological polar surface area (TPSA) is 122 Å². The van der Waals surface area contributed by atoms with E-state index >= 15 is 0 Å². The summed E-state index contributed by atoms with van der Waals surface area (Å²) in [5.41, 5.74) is 3.76. The Hall–Kier alpha value is -4.24. The van der Waals surface area contributed by atoms with Gasteiger partial charge in [-0.3, -0.25) is 14.9 Å². The van der Waals surface area contributed by atoms with Gasteiger partial charge in [-0.15, -0.1) is 0 Å². The van der Waals surface area contributed by atoms with Crippen molar-refractivity contribution in [2.45, 2.75) is 0 Å². The SMILES string of the molecule is COCCNc1ccc([N+](=O)[O-])cc1C(=O)Nc1ccc(-c2nc3ccccc3[nH]2)cc1. The van der Waals surface area contributed by atoms with Crippen molar-refractivity contribution in [3.05, 3.63) is 82.4 Å². The highest BCUT2D eigenvalue weighted by molar-refractivity contribution is 6.08. The summed E-state index contributed by atoms with van der Waals surface area (Å²) in [5, 5.41) is 17.0. The Morgan fingerprint density at radius 2 is 1.91 bits per heavy atom. The number of non-ortho nitro benzene ring substituents is 1. The minimum atomic E-state index is -0.530. The van der Waals surface area contributed by atoms with Gasteiger partial charge in [-0.2, -0.15) is 0 Å². The molecule has 0 fully saturated rings. The van der Waals surface area contributed by atoms with Gasteiger partial charge in [0, 0.05) is 42.7 Å². The minimum Gasteiger partial charge on any atom is -0.383 e. The van der Waals surface area contributed by atoms with Gasteiger partial charge in [0.1, 0.15) is 5.82 Å². The smallest absolute Gasteiger partial charge is 0.270 e. The van der Waals surface area contributed by atoms with E-state index in [9.17, 15) is 14.9 Å². The summed E-state index contributed by atoms with van der Waals surface area (Å²) in [4.78, 5) is 31.4. The number of hydrogen-bond donors (Lipinski definition) is 3. The van der Waals surface area contributed by atoms with Crippen LogP contribution in [0.1, 0.15) is 10.4 Å². The fourth-order valence-electron chi connectivity index (χ4n) is 3.27. The van der Waals surface area contributed by atoms with Gasteiger partial charge in [0.25, 0.3) is 11.6 Å². The molecule has 0 aliphatic heterocycles. The number of para-hydroxylation sites is 2. The molecule has 0 unspecified atom stereocenters. The van der Waals surface area contributed by atoms with E-state index in [0.717, 1.165) is 22.4 Å². The van der Waals surface area contributed by atoms with Crippen molar-refractivity contribution >= 4 is 34.0 Å². The molecule has 0 atom stereocenters. The van der Waals surface area contributed by atoms with Crippen LogP contribution in [0.3, 0.4) is 0 Å². The zero-order valence-corrected chi connectivity index (χ0v) is 17.3. The van der Waals surface area contributed by atoms with Gasteiger partial charge >= 0.3 is 0 Å². The summed E-state index contributed by atoms with van der Waals surface area (Å²) in [5.74, 6) is 0.275. The predicted octanol–water partition coefficient (Wildman–Crippen LogP) is 4.45. The quantitative estimate of drug-likeness (QED) is 0.215. The number of nitro benzene ring substituents is 1. The summed E-state index contributed by atoms with van der Waals surface area (Å²) in [6, 6.07) is 19.1. The Morgan fingerprint density at radius 1 is 1.12 bits per heavy atom. The number of aromatic nitrogens is 2. The summed E-state index contributed by atoms with van der Waals surface area (Å²) >= 11 is 0. The molecule has 0 radical (unpaired) electrons. The number of nitro groups is 1. The molecule has 162 valence electrons. The number of fused-ring (bicyclic) bond motifs is 1. The van der Waals surface area contributed by atoms with Crippen LogP contribution >= 0.6 is 0 Å². The van der Waals surface area contributed by atoms with E-state index < -0.39 is 10.8 Å². The van der Waals surface area contributed by atoms with Crippen molar-refractivity contribution in [1.82, 2.24) is 9.97 Å². The van der Waals surface area contributed by atoms with E-state index in [0.29, 0.717) is 24.5 Å². The number of ether oxygens (including phenoxy) is 1. The van der Waals surface area contributed by atoms with E-state index in [1.165, 1.54) is 18.2 Å². The molecule has 0 saturated carbocycles. The highest BCUT2D eigenvalue weighted by atomic mass is 16.6. The third kappa shape index (κ3) is 4.57. The monoisotopic (exact) mass is 431 g/mol. The molecule has 0 spiro atoms. The summed E-state index contributed by atoms with van der Waals surface area (Å²) in [6.07, 6.45) is 0. The number of nitrogens with one attached hydrogen (secondary N) is 3. The Kier molecular flexibility index (Phi) is 6.09. The number of benzene rings is 3. The zero-order valence-electron chi connectivity index (χ0n) is 17.3. The molecule has 1 heterocycles. The molecule has 9 heteroatoms. The molecule has 0 saturated heterocycles. The lowest BCUT2D eigenvalue weighted by Gasteiger charge is -2.12. The van der Waals surface area contributed by atoms with Gasteiger partial charge in [0.15, 0.2) is 0 Å². The molecule has 1 amide bonds. The van der Waals surface area contributed by atoms with Crippen LogP contribution in [0.4, 0.5) is 17.1 Å². The van der Waals surface area contributed by atoms with Gasteiger partial charge in [-0.1, -0.05) is 12.1 Å². The molecule has 0 bridgehead atoms. The lowest BCUT2D eigenvalue weighted by molar-refractivity contribution is -0.384. The highest BCUT2D eigenvalue weighted by Gasteiger charge is 2.17. The highest BCUT2D eigenvalue weighted by Crippen LogP contribution is 2.25. The molecule has 4 aromatic rings. The lowest BCUT2D eigenvalue weighted by Crippen LogP contribution is -2.16. The average molecular weight is 431 g/mol. The van der Waals surface area contributed by atoms with Gasteiger partial charge in [0.2, 0.25) is 0 Å². The molecule has 3 aromatic carbocycles. The number of methoxy groups -OCH3 is 1. The van der Waals surface area contributed by atoms with Crippen molar-refractivity contribution < 1.29 is 14.5 Å². The van der Waals surface area contributed by atoms with Gasteiger partial charge in [-0.25, -0.2) is 4.98 Å². The maximum Gasteiger partial charge on any atom is 0.270 e. The van der Waals surface area contributed by atoms with Crippen LogP contribution in [-0.2, 0) is 4.74 Å². The molecular weight excluding hydrogens is 410 g/mol. The predicted molar refractivity (Wildman–Crippen MR) is 123 cm³/mol. The van der Waals surface area contributed by atoms with Crippen LogP contribution in [0, 0.1) is 10.1 Å². The summed E-state index contributed by atoms with van der Waals surface area (Å²) < 4.78 is 5.01. The second kappa shape index (κ2) is 9.27. The van der Waals surface area contributed by atoms with Crippen LogP contribution in [0.15, 0.2) is 66.7 Å². The van der Waals surface area contributed by atoms with Crippen molar-refractivity contribution in [2.75, 3.05) is 30.9 Å². The first-order chi connectivity index (χ1) is 15.5. The number of amides is 1. The fourth-order valence-corrected chi connectivity index (χ4v) is 3.27. The molecule has 32 heavy (non-hydrogen) atoms.